The van der Waals surface area contributed by atoms with Gasteiger partial charge in [0.25, 0.3) is 5.91 Å². The molecule has 10 heteroatoms. The molecule has 172 valence electrons. The number of piperazine rings is 1. The number of hydrogen-bond acceptors (Lipinski definition) is 7. The molecule has 0 unspecified atom stereocenters. The second-order valence-electron chi connectivity index (χ2n) is 7.76. The molecule has 5 rings (SSSR count). The monoisotopic (exact) mass is 485 g/mol. The van der Waals surface area contributed by atoms with E-state index in [1.54, 1.807) is 22.4 Å². The summed E-state index contributed by atoms with van der Waals surface area (Å²) in [4.78, 5) is 19.2. The maximum Gasteiger partial charge on any atom is 0.273 e. The van der Waals surface area contributed by atoms with Crippen LogP contribution in [0.5, 0.6) is 11.5 Å². The maximum absolute atomic E-state index is 13.2. The fourth-order valence-corrected chi connectivity index (χ4v) is 6.07. The van der Waals surface area contributed by atoms with Gasteiger partial charge < -0.3 is 14.4 Å². The molecule has 0 bridgehead atoms. The molecule has 1 aromatic heterocycles. The molecular weight excluding hydrogens is 462 g/mol. The number of aromatic nitrogens is 1. The van der Waals surface area contributed by atoms with Crippen LogP contribution in [-0.4, -0.2) is 67.9 Å². The van der Waals surface area contributed by atoms with Gasteiger partial charge in [-0.2, -0.15) is 4.31 Å². The fourth-order valence-electron chi connectivity index (χ4n) is 3.83. The Hall–Kier alpha value is -2.95. The minimum Gasteiger partial charge on any atom is -0.490 e. The molecule has 0 radical (unpaired) electrons. The van der Waals surface area contributed by atoms with Crippen molar-refractivity contribution in [3.63, 3.8) is 0 Å². The van der Waals surface area contributed by atoms with Gasteiger partial charge in [0.05, 0.1) is 18.1 Å². The first-order valence-corrected chi connectivity index (χ1v) is 13.0. The number of fused-ring (bicyclic) bond motifs is 1. The van der Waals surface area contributed by atoms with E-state index in [4.69, 9.17) is 9.47 Å². The van der Waals surface area contributed by atoms with Crippen molar-refractivity contribution in [1.82, 2.24) is 14.2 Å². The maximum atomic E-state index is 13.2. The first kappa shape index (κ1) is 21.9. The van der Waals surface area contributed by atoms with Gasteiger partial charge in [0.15, 0.2) is 11.5 Å². The van der Waals surface area contributed by atoms with Crippen molar-refractivity contribution in [2.24, 2.45) is 0 Å². The minimum absolute atomic E-state index is 0.165. The van der Waals surface area contributed by atoms with Gasteiger partial charge in [-0.15, -0.1) is 11.3 Å². The Balaban J connectivity index is 1.26. The Morgan fingerprint density at radius 3 is 2.42 bits per heavy atom. The van der Waals surface area contributed by atoms with Crippen LogP contribution >= 0.6 is 11.3 Å². The molecule has 2 aromatic carbocycles. The largest absolute Gasteiger partial charge is 0.490 e. The van der Waals surface area contributed by atoms with E-state index in [9.17, 15) is 13.2 Å². The number of amides is 1. The van der Waals surface area contributed by atoms with Gasteiger partial charge in [0.1, 0.15) is 10.7 Å². The molecule has 3 heterocycles. The average molecular weight is 486 g/mol. The number of carbonyl (C=O) groups excluding carboxylic acids is 1. The summed E-state index contributed by atoms with van der Waals surface area (Å²) >= 11 is 1.42. The molecule has 1 fully saturated rings. The van der Waals surface area contributed by atoms with Crippen molar-refractivity contribution < 1.29 is 22.7 Å². The van der Waals surface area contributed by atoms with Crippen LogP contribution < -0.4 is 9.47 Å². The van der Waals surface area contributed by atoms with E-state index in [0.29, 0.717) is 43.5 Å². The van der Waals surface area contributed by atoms with Gasteiger partial charge in [-0.1, -0.05) is 30.3 Å². The van der Waals surface area contributed by atoms with Gasteiger partial charge in [-0.3, -0.25) is 4.79 Å². The van der Waals surface area contributed by atoms with Crippen LogP contribution in [0.1, 0.15) is 16.9 Å². The topological polar surface area (TPSA) is 89.0 Å². The number of nitrogens with zero attached hydrogens (tertiary/aromatic N) is 3. The van der Waals surface area contributed by atoms with E-state index < -0.39 is 10.0 Å². The van der Waals surface area contributed by atoms with E-state index >= 15 is 0 Å². The summed E-state index contributed by atoms with van der Waals surface area (Å²) in [6, 6.07) is 14.4. The summed E-state index contributed by atoms with van der Waals surface area (Å²) in [5, 5.41) is 2.54. The van der Waals surface area contributed by atoms with E-state index in [2.05, 4.69) is 4.98 Å². The van der Waals surface area contributed by atoms with Crippen molar-refractivity contribution in [2.75, 3.05) is 39.4 Å². The minimum atomic E-state index is -3.71. The number of rotatable bonds is 4. The van der Waals surface area contributed by atoms with Crippen molar-refractivity contribution >= 4 is 27.3 Å². The van der Waals surface area contributed by atoms with Gasteiger partial charge >= 0.3 is 0 Å². The lowest BCUT2D eigenvalue weighted by atomic mass is 10.2. The van der Waals surface area contributed by atoms with Crippen LogP contribution in [-0.2, 0) is 10.0 Å². The molecule has 0 aliphatic carbocycles. The summed E-state index contributed by atoms with van der Waals surface area (Å²) in [6.07, 6.45) is 0.749. The summed E-state index contributed by atoms with van der Waals surface area (Å²) in [7, 11) is -3.71. The van der Waals surface area contributed by atoms with Gasteiger partial charge in [0.2, 0.25) is 10.0 Å². The quantitative estimate of drug-likeness (QED) is 0.564. The number of sulfonamides is 1. The zero-order chi connectivity index (χ0) is 22.8. The Morgan fingerprint density at radius 2 is 1.67 bits per heavy atom. The van der Waals surface area contributed by atoms with Crippen LogP contribution in [0.4, 0.5) is 0 Å². The second-order valence-corrected chi connectivity index (χ2v) is 10.6. The molecule has 0 saturated carbocycles. The highest BCUT2D eigenvalue weighted by Gasteiger charge is 2.32. The van der Waals surface area contributed by atoms with Crippen LogP contribution in [0, 0.1) is 0 Å². The SMILES string of the molecule is O=C(c1csc(-c2ccccc2)n1)N1CCN(S(=O)(=O)c2ccc3c(c2)OCCCO3)CC1. The first-order chi connectivity index (χ1) is 16.0. The lowest BCUT2D eigenvalue weighted by molar-refractivity contribution is 0.0693. The third kappa shape index (κ3) is 4.46. The van der Waals surface area contributed by atoms with Crippen LogP contribution in [0.3, 0.4) is 0 Å². The Kier molecular flexibility index (Phi) is 6.05. The summed E-state index contributed by atoms with van der Waals surface area (Å²) in [5.74, 6) is 0.821. The molecule has 0 N–H and O–H groups in total. The summed E-state index contributed by atoms with van der Waals surface area (Å²) in [6.45, 7) is 2.08. The highest BCUT2D eigenvalue weighted by atomic mass is 32.2. The van der Waals surface area contributed by atoms with E-state index in [0.717, 1.165) is 17.0 Å². The molecule has 0 spiro atoms. The molecule has 3 aromatic rings. The Labute approximate surface area is 196 Å². The second kappa shape index (κ2) is 9.12. The molecule has 1 saturated heterocycles. The van der Waals surface area contributed by atoms with Gasteiger partial charge in [-0.25, -0.2) is 13.4 Å². The molecule has 33 heavy (non-hydrogen) atoms. The standard InChI is InChI=1S/C23H23N3O5S2/c27-23(19-16-32-22(24-19)17-5-2-1-3-6-17)25-9-11-26(12-10-25)33(28,29)18-7-8-20-21(15-18)31-14-4-13-30-20/h1-3,5-8,15-16H,4,9-14H2. The van der Waals surface area contributed by atoms with Crippen LogP contribution in [0.15, 0.2) is 58.8 Å². The fraction of sp³-hybridized carbons (Fsp3) is 0.304. The van der Waals surface area contributed by atoms with E-state index in [1.165, 1.54) is 21.7 Å². The average Bonchev–Trinajstić information content (AvgIpc) is 3.23. The van der Waals surface area contributed by atoms with Crippen molar-refractivity contribution in [1.29, 1.82) is 0 Å². The highest BCUT2D eigenvalue weighted by molar-refractivity contribution is 7.89. The molecule has 1 amide bonds. The molecule has 0 atom stereocenters. The zero-order valence-electron chi connectivity index (χ0n) is 17.8. The number of carbonyl (C=O) groups is 1. The van der Waals surface area contributed by atoms with Crippen molar-refractivity contribution in [2.45, 2.75) is 11.3 Å². The number of thiazole rings is 1. The third-order valence-electron chi connectivity index (χ3n) is 5.63. The number of benzene rings is 2. The Morgan fingerprint density at radius 1 is 0.939 bits per heavy atom. The summed E-state index contributed by atoms with van der Waals surface area (Å²) in [5.41, 5.74) is 1.35. The van der Waals surface area contributed by atoms with E-state index in [1.807, 2.05) is 30.3 Å². The first-order valence-electron chi connectivity index (χ1n) is 10.7. The predicted octanol–water partition coefficient (Wildman–Crippen LogP) is 3.12. The van der Waals surface area contributed by atoms with Gasteiger partial charge in [0, 0.05) is 49.6 Å². The normalized spacial score (nSPS) is 16.9. The highest BCUT2D eigenvalue weighted by Crippen LogP contribution is 2.33. The van der Waals surface area contributed by atoms with Crippen LogP contribution in [0.25, 0.3) is 10.6 Å². The van der Waals surface area contributed by atoms with Crippen molar-refractivity contribution in [3.8, 4) is 22.1 Å². The van der Waals surface area contributed by atoms with E-state index in [-0.39, 0.29) is 23.9 Å². The van der Waals surface area contributed by atoms with Crippen LogP contribution in [0.2, 0.25) is 0 Å². The number of ether oxygens (including phenoxy) is 2. The summed E-state index contributed by atoms with van der Waals surface area (Å²) < 4.78 is 39.0. The smallest absolute Gasteiger partial charge is 0.273 e. The Bertz CT molecular complexity index is 1250. The third-order valence-corrected chi connectivity index (χ3v) is 8.41. The van der Waals surface area contributed by atoms with Crippen molar-refractivity contribution in [3.05, 3.63) is 59.6 Å². The van der Waals surface area contributed by atoms with Gasteiger partial charge in [-0.05, 0) is 12.1 Å². The molecular formula is C23H23N3O5S2. The molecule has 8 nitrogen and oxygen atoms in total. The molecule has 2 aliphatic heterocycles. The lowest BCUT2D eigenvalue weighted by Crippen LogP contribution is -2.50. The zero-order valence-corrected chi connectivity index (χ0v) is 19.5. The molecule has 2 aliphatic rings. The predicted molar refractivity (Wildman–Crippen MR) is 124 cm³/mol. The number of hydrogen-bond donors (Lipinski definition) is 0. The lowest BCUT2D eigenvalue weighted by Gasteiger charge is -2.33.